The van der Waals surface area contributed by atoms with Crippen molar-refractivity contribution in [2.24, 2.45) is 0 Å². The molecule has 0 radical (unpaired) electrons. The van der Waals surface area contributed by atoms with Gasteiger partial charge in [0, 0.05) is 0 Å². The van der Waals surface area contributed by atoms with Crippen molar-refractivity contribution in [3.8, 4) is 5.69 Å². The molecule has 0 fully saturated rings. The van der Waals surface area contributed by atoms with Gasteiger partial charge in [0.15, 0.2) is 5.65 Å². The van der Waals surface area contributed by atoms with Gasteiger partial charge in [0.25, 0.3) is 5.56 Å². The molecule has 0 unspecified atom stereocenters. The van der Waals surface area contributed by atoms with Crippen LogP contribution in [0.5, 0.6) is 0 Å². The summed E-state index contributed by atoms with van der Waals surface area (Å²) >= 11 is 0. The van der Waals surface area contributed by atoms with Crippen LogP contribution in [0.2, 0.25) is 0 Å². The van der Waals surface area contributed by atoms with E-state index in [2.05, 4.69) is 48.0 Å². The molecule has 3 aromatic rings. The number of hydrogen-bond acceptors (Lipinski definition) is 3. The third-order valence-electron chi connectivity index (χ3n) is 3.35. The fraction of sp³-hybridized carbons (Fsp3) is 0.267. The second-order valence-electron chi connectivity index (χ2n) is 5.82. The minimum atomic E-state index is -0.174. The van der Waals surface area contributed by atoms with Gasteiger partial charge in [-0.3, -0.25) is 4.79 Å². The van der Waals surface area contributed by atoms with Crippen molar-refractivity contribution in [3.63, 3.8) is 0 Å². The zero-order valence-corrected chi connectivity index (χ0v) is 11.7. The first kappa shape index (κ1) is 12.6. The number of aromatic amines is 1. The van der Waals surface area contributed by atoms with Crippen LogP contribution in [-0.4, -0.2) is 19.7 Å². The molecule has 0 aliphatic rings. The summed E-state index contributed by atoms with van der Waals surface area (Å²) in [5, 5.41) is 4.75. The monoisotopic (exact) mass is 268 g/mol. The average molecular weight is 268 g/mol. The Kier molecular flexibility index (Phi) is 2.71. The van der Waals surface area contributed by atoms with E-state index in [-0.39, 0.29) is 11.0 Å². The van der Waals surface area contributed by atoms with Crippen molar-refractivity contribution < 1.29 is 0 Å². The fourth-order valence-electron chi connectivity index (χ4n) is 2.15. The van der Waals surface area contributed by atoms with Gasteiger partial charge in [0.05, 0.1) is 18.2 Å². The van der Waals surface area contributed by atoms with Crippen LogP contribution in [0, 0.1) is 0 Å². The van der Waals surface area contributed by atoms with E-state index in [1.807, 2.05) is 12.1 Å². The molecule has 0 aliphatic heterocycles. The number of hydrogen-bond donors (Lipinski definition) is 1. The van der Waals surface area contributed by atoms with Gasteiger partial charge in [-0.25, -0.2) is 9.67 Å². The largest absolute Gasteiger partial charge is 0.312 e. The van der Waals surface area contributed by atoms with E-state index in [9.17, 15) is 4.79 Å². The molecule has 20 heavy (non-hydrogen) atoms. The van der Waals surface area contributed by atoms with E-state index in [0.717, 1.165) is 5.69 Å². The molecule has 0 saturated heterocycles. The number of nitrogens with one attached hydrogen (secondary N) is 1. The van der Waals surface area contributed by atoms with Crippen LogP contribution < -0.4 is 5.56 Å². The Morgan fingerprint density at radius 2 is 1.85 bits per heavy atom. The van der Waals surface area contributed by atoms with Crippen molar-refractivity contribution in [3.05, 3.63) is 52.7 Å². The summed E-state index contributed by atoms with van der Waals surface area (Å²) < 4.78 is 1.68. The number of nitrogens with zero attached hydrogens (tertiary/aromatic N) is 3. The maximum atomic E-state index is 11.7. The molecule has 0 atom stereocenters. The van der Waals surface area contributed by atoms with Gasteiger partial charge in [-0.1, -0.05) is 32.9 Å². The lowest BCUT2D eigenvalue weighted by atomic mass is 9.87. The number of H-pyrrole nitrogens is 1. The normalized spacial score (nSPS) is 11.9. The van der Waals surface area contributed by atoms with Gasteiger partial charge in [-0.2, -0.15) is 5.10 Å². The van der Waals surface area contributed by atoms with Crippen LogP contribution in [-0.2, 0) is 5.41 Å². The first-order valence-electron chi connectivity index (χ1n) is 6.49. The average Bonchev–Trinajstić information content (AvgIpc) is 2.83. The summed E-state index contributed by atoms with van der Waals surface area (Å²) in [4.78, 5) is 18.4. The zero-order chi connectivity index (χ0) is 14.3. The second kappa shape index (κ2) is 4.30. The third-order valence-corrected chi connectivity index (χ3v) is 3.35. The molecule has 5 heteroatoms. The molecular formula is C15H16N4O. The highest BCUT2D eigenvalue weighted by atomic mass is 16.1. The highest BCUT2D eigenvalue weighted by Gasteiger charge is 2.14. The van der Waals surface area contributed by atoms with Gasteiger partial charge in [0.1, 0.15) is 5.39 Å². The SMILES string of the molecule is CC(C)(C)c1ccc(-n2ncc3c(=O)[nH]cnc32)cc1. The first-order valence-corrected chi connectivity index (χ1v) is 6.49. The standard InChI is InChI=1S/C15H16N4O/c1-15(2,3)10-4-6-11(7-5-10)19-13-12(8-18-19)14(20)17-9-16-13/h4-9H,1-3H3,(H,16,17,20). The van der Waals surface area contributed by atoms with Crippen molar-refractivity contribution in [1.82, 2.24) is 19.7 Å². The molecule has 1 N–H and O–H groups in total. The van der Waals surface area contributed by atoms with Gasteiger partial charge < -0.3 is 4.98 Å². The van der Waals surface area contributed by atoms with Crippen molar-refractivity contribution >= 4 is 11.0 Å². The van der Waals surface area contributed by atoms with Crippen LogP contribution in [0.25, 0.3) is 16.7 Å². The molecule has 0 amide bonds. The quantitative estimate of drug-likeness (QED) is 0.737. The number of fused-ring (bicyclic) bond motifs is 1. The third kappa shape index (κ3) is 2.01. The zero-order valence-electron chi connectivity index (χ0n) is 11.7. The Balaban J connectivity index is 2.12. The summed E-state index contributed by atoms with van der Waals surface area (Å²) in [5.41, 5.74) is 2.65. The molecule has 1 aromatic carbocycles. The van der Waals surface area contributed by atoms with E-state index in [0.29, 0.717) is 11.0 Å². The number of benzene rings is 1. The maximum absolute atomic E-state index is 11.7. The second-order valence-corrected chi connectivity index (χ2v) is 5.82. The van der Waals surface area contributed by atoms with E-state index < -0.39 is 0 Å². The number of rotatable bonds is 1. The van der Waals surface area contributed by atoms with Crippen molar-refractivity contribution in [2.45, 2.75) is 26.2 Å². The lowest BCUT2D eigenvalue weighted by molar-refractivity contribution is 0.590. The van der Waals surface area contributed by atoms with Crippen LogP contribution in [0.4, 0.5) is 0 Å². The predicted octanol–water partition coefficient (Wildman–Crippen LogP) is 2.41. The summed E-state index contributed by atoms with van der Waals surface area (Å²) in [6.07, 6.45) is 2.94. The van der Waals surface area contributed by atoms with Crippen LogP contribution in [0.15, 0.2) is 41.6 Å². The van der Waals surface area contributed by atoms with E-state index >= 15 is 0 Å². The molecule has 3 rings (SSSR count). The van der Waals surface area contributed by atoms with Crippen molar-refractivity contribution in [2.75, 3.05) is 0 Å². The Bertz CT molecular complexity index is 806. The Hall–Kier alpha value is -2.43. The Morgan fingerprint density at radius 1 is 1.15 bits per heavy atom. The fourth-order valence-corrected chi connectivity index (χ4v) is 2.15. The predicted molar refractivity (Wildman–Crippen MR) is 78.2 cm³/mol. The van der Waals surface area contributed by atoms with Gasteiger partial charge in [-0.05, 0) is 23.1 Å². The minimum absolute atomic E-state index is 0.111. The topological polar surface area (TPSA) is 63.6 Å². The van der Waals surface area contributed by atoms with E-state index in [1.54, 1.807) is 10.9 Å². The molecular weight excluding hydrogens is 252 g/mol. The van der Waals surface area contributed by atoms with Gasteiger partial charge in [-0.15, -0.1) is 0 Å². The van der Waals surface area contributed by atoms with Gasteiger partial charge >= 0.3 is 0 Å². The minimum Gasteiger partial charge on any atom is -0.312 e. The highest BCUT2D eigenvalue weighted by Crippen LogP contribution is 2.23. The maximum Gasteiger partial charge on any atom is 0.261 e. The van der Waals surface area contributed by atoms with Gasteiger partial charge in [0.2, 0.25) is 0 Å². The molecule has 2 heterocycles. The van der Waals surface area contributed by atoms with E-state index in [4.69, 9.17) is 0 Å². The molecule has 0 aliphatic carbocycles. The summed E-state index contributed by atoms with van der Waals surface area (Å²) in [5.74, 6) is 0. The molecule has 102 valence electrons. The molecule has 0 bridgehead atoms. The first-order chi connectivity index (χ1) is 9.47. The molecule has 0 spiro atoms. The van der Waals surface area contributed by atoms with Crippen molar-refractivity contribution in [1.29, 1.82) is 0 Å². The lowest BCUT2D eigenvalue weighted by Gasteiger charge is -2.19. The molecule has 5 nitrogen and oxygen atoms in total. The van der Waals surface area contributed by atoms with E-state index in [1.165, 1.54) is 11.9 Å². The van der Waals surface area contributed by atoms with Crippen LogP contribution in [0.1, 0.15) is 26.3 Å². The molecule has 2 aromatic heterocycles. The Morgan fingerprint density at radius 3 is 2.50 bits per heavy atom. The summed E-state index contributed by atoms with van der Waals surface area (Å²) in [6.45, 7) is 6.52. The summed E-state index contributed by atoms with van der Waals surface area (Å²) in [6, 6.07) is 8.15. The molecule has 0 saturated carbocycles. The smallest absolute Gasteiger partial charge is 0.261 e. The van der Waals surface area contributed by atoms with Crippen LogP contribution in [0.3, 0.4) is 0 Å². The summed E-state index contributed by atoms with van der Waals surface area (Å²) in [7, 11) is 0. The lowest BCUT2D eigenvalue weighted by Crippen LogP contribution is -2.11. The van der Waals surface area contributed by atoms with Crippen LogP contribution >= 0.6 is 0 Å². The number of aromatic nitrogens is 4. The highest BCUT2D eigenvalue weighted by molar-refractivity contribution is 5.74. The Labute approximate surface area is 116 Å².